The molecule has 6 heteroatoms. The average molecular weight is 437 g/mol. The lowest BCUT2D eigenvalue weighted by Crippen LogP contribution is -2.35. The minimum atomic E-state index is -0.276. The molecule has 33 heavy (non-hydrogen) atoms. The van der Waals surface area contributed by atoms with E-state index in [1.54, 1.807) is 6.20 Å². The number of carbonyl (C=O) groups is 1. The zero-order valence-electron chi connectivity index (χ0n) is 18.3. The molecule has 0 aliphatic carbocycles. The maximum absolute atomic E-state index is 13.5. The molecule has 0 aliphatic rings. The van der Waals surface area contributed by atoms with Gasteiger partial charge in [0.05, 0.1) is 12.2 Å². The molecule has 6 nitrogen and oxygen atoms in total. The van der Waals surface area contributed by atoms with E-state index in [1.165, 1.54) is 4.68 Å². The fraction of sp³-hybridized carbons (Fsp3) is 0.148. The summed E-state index contributed by atoms with van der Waals surface area (Å²) in [4.78, 5) is 26.2. The molecule has 1 atom stereocenters. The van der Waals surface area contributed by atoms with Gasteiger partial charge in [0.2, 0.25) is 5.91 Å². The number of rotatable bonds is 6. The van der Waals surface area contributed by atoms with Crippen LogP contribution in [0.1, 0.15) is 24.1 Å². The van der Waals surface area contributed by atoms with E-state index < -0.39 is 0 Å². The molecule has 0 saturated heterocycles. The summed E-state index contributed by atoms with van der Waals surface area (Å²) in [5.74, 6) is -0.258. The molecule has 0 spiro atoms. The van der Waals surface area contributed by atoms with Crippen molar-refractivity contribution in [2.75, 3.05) is 0 Å². The summed E-state index contributed by atoms with van der Waals surface area (Å²) >= 11 is 0. The molecule has 0 unspecified atom stereocenters. The first kappa shape index (κ1) is 20.7. The molecule has 0 bridgehead atoms. The van der Waals surface area contributed by atoms with Gasteiger partial charge in [-0.15, -0.1) is 0 Å². The molecule has 0 radical (unpaired) electrons. The summed E-state index contributed by atoms with van der Waals surface area (Å²) in [6.45, 7) is 2.34. The largest absolute Gasteiger partial charge is 0.348 e. The zero-order chi connectivity index (χ0) is 22.8. The van der Waals surface area contributed by atoms with Crippen LogP contribution in [0.15, 0.2) is 95.9 Å². The van der Waals surface area contributed by atoms with Gasteiger partial charge in [-0.05, 0) is 24.1 Å². The highest BCUT2D eigenvalue weighted by Gasteiger charge is 2.18. The number of nitrogens with one attached hydrogen (secondary N) is 1. The van der Waals surface area contributed by atoms with Crippen molar-refractivity contribution in [3.63, 3.8) is 0 Å². The summed E-state index contributed by atoms with van der Waals surface area (Å²) < 4.78 is 3.26. The number of para-hydroxylation sites is 1. The van der Waals surface area contributed by atoms with Crippen molar-refractivity contribution < 1.29 is 4.79 Å². The first-order valence-electron chi connectivity index (χ1n) is 11.0. The Morgan fingerprint density at radius 3 is 2.33 bits per heavy atom. The zero-order valence-corrected chi connectivity index (χ0v) is 18.3. The number of aromatic nitrogens is 3. The van der Waals surface area contributed by atoms with Crippen LogP contribution in [0.5, 0.6) is 0 Å². The first-order chi connectivity index (χ1) is 16.1. The predicted octanol–water partition coefficient (Wildman–Crippen LogP) is 4.28. The Morgan fingerprint density at radius 1 is 0.909 bits per heavy atom. The van der Waals surface area contributed by atoms with Crippen LogP contribution in [0, 0.1) is 0 Å². The standard InChI is InChI=1S/C27H24N4O2/c1-19(21-12-6-3-7-13-21)29-25(32)18-31-27(33)26-23(16-28-31)22-14-8-9-15-24(22)30(26)17-20-10-4-2-5-11-20/h2-16,19H,17-18H2,1H3,(H,29,32)/t19-/m0/s1. The minimum Gasteiger partial charge on any atom is -0.348 e. The van der Waals surface area contributed by atoms with Crippen LogP contribution in [0.2, 0.25) is 0 Å². The van der Waals surface area contributed by atoms with Crippen LogP contribution < -0.4 is 10.9 Å². The van der Waals surface area contributed by atoms with Crippen LogP contribution in [0.25, 0.3) is 21.8 Å². The third-order valence-electron chi connectivity index (χ3n) is 5.93. The van der Waals surface area contributed by atoms with E-state index in [0.717, 1.165) is 27.4 Å². The summed E-state index contributed by atoms with van der Waals surface area (Å²) in [5.41, 5.74) is 3.35. The number of hydrogen-bond acceptors (Lipinski definition) is 3. The summed E-state index contributed by atoms with van der Waals surface area (Å²) in [5, 5.41) is 9.05. The van der Waals surface area contributed by atoms with Gasteiger partial charge in [0, 0.05) is 22.8 Å². The fourth-order valence-electron chi connectivity index (χ4n) is 4.28. The lowest BCUT2D eigenvalue weighted by molar-refractivity contribution is -0.122. The molecule has 1 amide bonds. The summed E-state index contributed by atoms with van der Waals surface area (Å²) in [6.07, 6.45) is 1.69. The van der Waals surface area contributed by atoms with Crippen LogP contribution in [0.3, 0.4) is 0 Å². The average Bonchev–Trinajstić information content (AvgIpc) is 3.16. The Bertz CT molecular complexity index is 1490. The summed E-state index contributed by atoms with van der Waals surface area (Å²) in [7, 11) is 0. The van der Waals surface area contributed by atoms with Crippen molar-refractivity contribution in [1.82, 2.24) is 19.7 Å². The van der Waals surface area contributed by atoms with E-state index in [-0.39, 0.29) is 24.1 Å². The minimum absolute atomic E-state index is 0.140. The maximum Gasteiger partial charge on any atom is 0.291 e. The van der Waals surface area contributed by atoms with Crippen LogP contribution in [0.4, 0.5) is 0 Å². The summed E-state index contributed by atoms with van der Waals surface area (Å²) in [6, 6.07) is 27.5. The quantitative estimate of drug-likeness (QED) is 0.432. The van der Waals surface area contributed by atoms with Crippen molar-refractivity contribution in [3.05, 3.63) is 113 Å². The van der Waals surface area contributed by atoms with Crippen molar-refractivity contribution in [3.8, 4) is 0 Å². The van der Waals surface area contributed by atoms with E-state index in [1.807, 2.05) is 96.4 Å². The molecule has 0 fully saturated rings. The van der Waals surface area contributed by atoms with E-state index in [9.17, 15) is 9.59 Å². The molecule has 2 heterocycles. The van der Waals surface area contributed by atoms with Gasteiger partial charge < -0.3 is 9.88 Å². The van der Waals surface area contributed by atoms with Gasteiger partial charge in [-0.2, -0.15) is 5.10 Å². The van der Waals surface area contributed by atoms with Crippen molar-refractivity contribution >= 4 is 27.7 Å². The van der Waals surface area contributed by atoms with Crippen molar-refractivity contribution in [1.29, 1.82) is 0 Å². The van der Waals surface area contributed by atoms with Gasteiger partial charge in [-0.1, -0.05) is 78.9 Å². The van der Waals surface area contributed by atoms with Crippen LogP contribution >= 0.6 is 0 Å². The van der Waals surface area contributed by atoms with E-state index in [2.05, 4.69) is 10.4 Å². The molecule has 164 valence electrons. The SMILES string of the molecule is C[C@H](NC(=O)Cn1ncc2c3ccccc3n(Cc3ccccc3)c2c1=O)c1ccccc1. The van der Waals surface area contributed by atoms with Gasteiger partial charge in [0.15, 0.2) is 0 Å². The predicted molar refractivity (Wildman–Crippen MR) is 130 cm³/mol. The number of hydrogen-bond donors (Lipinski definition) is 1. The lowest BCUT2D eigenvalue weighted by Gasteiger charge is -2.14. The Kier molecular flexibility index (Phi) is 5.48. The maximum atomic E-state index is 13.5. The molecular formula is C27H24N4O2. The monoisotopic (exact) mass is 436 g/mol. The second-order valence-electron chi connectivity index (χ2n) is 8.16. The van der Waals surface area contributed by atoms with Crippen molar-refractivity contribution in [2.24, 2.45) is 0 Å². The normalized spacial score (nSPS) is 12.2. The molecule has 0 aliphatic heterocycles. The van der Waals surface area contributed by atoms with Crippen LogP contribution in [-0.4, -0.2) is 20.3 Å². The van der Waals surface area contributed by atoms with Gasteiger partial charge in [-0.3, -0.25) is 9.59 Å². The lowest BCUT2D eigenvalue weighted by atomic mass is 10.1. The van der Waals surface area contributed by atoms with Crippen molar-refractivity contribution in [2.45, 2.75) is 26.1 Å². The van der Waals surface area contributed by atoms with Gasteiger partial charge in [0.1, 0.15) is 12.1 Å². The Hall–Kier alpha value is -4.19. The van der Waals surface area contributed by atoms with E-state index in [4.69, 9.17) is 0 Å². The second-order valence-corrected chi connectivity index (χ2v) is 8.16. The fourth-order valence-corrected chi connectivity index (χ4v) is 4.28. The number of nitrogens with zero attached hydrogens (tertiary/aromatic N) is 3. The molecular weight excluding hydrogens is 412 g/mol. The third-order valence-corrected chi connectivity index (χ3v) is 5.93. The topological polar surface area (TPSA) is 68.9 Å². The molecule has 3 aromatic carbocycles. The van der Waals surface area contributed by atoms with Gasteiger partial charge in [0.25, 0.3) is 5.56 Å². The van der Waals surface area contributed by atoms with E-state index >= 15 is 0 Å². The molecule has 2 aromatic heterocycles. The number of benzene rings is 3. The molecule has 1 N–H and O–H groups in total. The Morgan fingerprint density at radius 2 is 1.58 bits per heavy atom. The smallest absolute Gasteiger partial charge is 0.291 e. The third kappa shape index (κ3) is 4.03. The Labute approximate surface area is 191 Å². The molecule has 0 saturated carbocycles. The van der Waals surface area contributed by atoms with Gasteiger partial charge in [-0.25, -0.2) is 4.68 Å². The highest BCUT2D eigenvalue weighted by Crippen LogP contribution is 2.27. The highest BCUT2D eigenvalue weighted by molar-refractivity contribution is 6.07. The first-order valence-corrected chi connectivity index (χ1v) is 11.0. The van der Waals surface area contributed by atoms with E-state index in [0.29, 0.717) is 12.1 Å². The Balaban J connectivity index is 1.51. The highest BCUT2D eigenvalue weighted by atomic mass is 16.2. The van der Waals surface area contributed by atoms with Gasteiger partial charge >= 0.3 is 0 Å². The molecule has 5 aromatic rings. The second kappa shape index (κ2) is 8.74. The van der Waals surface area contributed by atoms with Crippen LogP contribution in [-0.2, 0) is 17.9 Å². The molecule has 5 rings (SSSR count). The number of amides is 1. The number of carbonyl (C=O) groups excluding carboxylic acids is 1. The number of fused-ring (bicyclic) bond motifs is 3.